The van der Waals surface area contributed by atoms with Crippen molar-refractivity contribution >= 4 is 23.7 Å². The van der Waals surface area contributed by atoms with Crippen molar-refractivity contribution in [1.29, 1.82) is 0 Å². The normalized spacial score (nSPS) is 21.7. The van der Waals surface area contributed by atoms with Gasteiger partial charge in [0.2, 0.25) is 12.2 Å². The van der Waals surface area contributed by atoms with E-state index in [-0.39, 0.29) is 24.8 Å². The van der Waals surface area contributed by atoms with E-state index in [9.17, 15) is 34.8 Å². The van der Waals surface area contributed by atoms with E-state index in [4.69, 9.17) is 18.9 Å². The fraction of sp³-hybridized carbons (Fsp3) is 0.483. The molecule has 0 saturated carbocycles. The number of ether oxygens (including phenoxy) is 4. The molecule has 1 saturated heterocycles. The second kappa shape index (κ2) is 16.2. The molecule has 0 aromatic heterocycles. The van der Waals surface area contributed by atoms with Crippen LogP contribution in [0.2, 0.25) is 0 Å². The van der Waals surface area contributed by atoms with E-state index >= 15 is 0 Å². The molecule has 0 aliphatic carbocycles. The van der Waals surface area contributed by atoms with Gasteiger partial charge in [0.15, 0.2) is 6.10 Å². The number of benzene rings is 2. The first-order valence-electron chi connectivity index (χ1n) is 13.6. The van der Waals surface area contributed by atoms with Gasteiger partial charge in [-0.1, -0.05) is 36.4 Å². The molecule has 1 aliphatic heterocycles. The van der Waals surface area contributed by atoms with E-state index < -0.39 is 48.7 Å². The number of carbonyl (C=O) groups is 3. The highest BCUT2D eigenvalue weighted by atomic mass is 16.7. The van der Waals surface area contributed by atoms with Gasteiger partial charge in [0.05, 0.1) is 12.3 Å². The van der Waals surface area contributed by atoms with Crippen LogP contribution in [0.3, 0.4) is 0 Å². The highest BCUT2D eigenvalue weighted by Crippen LogP contribution is 2.31. The summed E-state index contributed by atoms with van der Waals surface area (Å²) in [6, 6.07) is 14.2. The highest BCUT2D eigenvalue weighted by molar-refractivity contribution is 5.90. The Balaban J connectivity index is 1.65. The Kier molecular flexibility index (Phi) is 12.7. The summed E-state index contributed by atoms with van der Waals surface area (Å²) in [5.74, 6) is -2.06. The van der Waals surface area contributed by atoms with Crippen molar-refractivity contribution in [2.75, 3.05) is 45.8 Å². The molecule has 0 radical (unpaired) electrons. The first-order chi connectivity index (χ1) is 20.5. The number of likely N-dealkylation sites (N-methyl/N-ethyl adjacent to an activating group) is 1. The van der Waals surface area contributed by atoms with Crippen LogP contribution in [0, 0.1) is 0 Å². The average Bonchev–Trinajstić information content (AvgIpc) is 2.96. The first-order valence-corrected chi connectivity index (χ1v) is 13.6. The molecule has 236 valence electrons. The fourth-order valence-corrected chi connectivity index (χ4v) is 4.11. The zero-order valence-corrected chi connectivity index (χ0v) is 24.3. The number of hydrogen-bond acceptors (Lipinski definition) is 11. The van der Waals surface area contributed by atoms with Crippen molar-refractivity contribution in [2.45, 2.75) is 50.7 Å². The molecule has 3 unspecified atom stereocenters. The Morgan fingerprint density at radius 3 is 2.33 bits per heavy atom. The zero-order valence-electron chi connectivity index (χ0n) is 24.3. The minimum absolute atomic E-state index is 0.0264. The van der Waals surface area contributed by atoms with E-state index in [0.29, 0.717) is 31.7 Å². The monoisotopic (exact) mass is 605 g/mol. The van der Waals surface area contributed by atoms with Crippen molar-refractivity contribution < 1.29 is 53.8 Å². The maximum atomic E-state index is 12.9. The van der Waals surface area contributed by atoms with Gasteiger partial charge in [-0.05, 0) is 43.8 Å². The minimum Gasteiger partial charge on any atom is -0.479 e. The highest BCUT2D eigenvalue weighted by Gasteiger charge is 2.48. The number of nitrogens with one attached hydrogen (secondary N) is 1. The summed E-state index contributed by atoms with van der Waals surface area (Å²) < 4.78 is 22.0. The summed E-state index contributed by atoms with van der Waals surface area (Å²) in [5.41, 5.74) is 1.70. The quantitative estimate of drug-likeness (QED) is 0.150. The fourth-order valence-electron chi connectivity index (χ4n) is 4.11. The van der Waals surface area contributed by atoms with Crippen LogP contribution in [0.1, 0.15) is 18.1 Å². The number of carboxylic acid groups (broad SMARTS) is 1. The molecule has 0 spiro atoms. The van der Waals surface area contributed by atoms with Crippen molar-refractivity contribution in [3.05, 3.63) is 59.7 Å². The average molecular weight is 606 g/mol. The zero-order chi connectivity index (χ0) is 31.5. The third-order valence-electron chi connectivity index (χ3n) is 6.47. The lowest BCUT2D eigenvalue weighted by Gasteiger charge is -2.38. The topological polar surface area (TPSA) is 188 Å². The molecule has 0 bridgehead atoms. The predicted octanol–water partition coefficient (Wildman–Crippen LogP) is 0.633. The Labute approximate surface area is 249 Å². The standard InChI is InChI=1S/C29H39N3O11/c1-18(33)30-21-15-20(9-10-22(21)42-28-25(36)23(34)24(35)26(43-28)27(37)38)16-41-29(39)32(13-12-31(2)3)17-40-14-11-19-7-5-4-6-8-19/h4-10,15,23-26,28,34-36H,11-14,16-17H2,1-3H3,(H,30,33)(H,37,38)/t23-,24?,25-,26?,28?/m0/s1. The summed E-state index contributed by atoms with van der Waals surface area (Å²) >= 11 is 0. The molecule has 14 nitrogen and oxygen atoms in total. The molecule has 5 N–H and O–H groups in total. The van der Waals surface area contributed by atoms with Crippen LogP contribution in [0.15, 0.2) is 48.5 Å². The van der Waals surface area contributed by atoms with Crippen LogP contribution >= 0.6 is 0 Å². The van der Waals surface area contributed by atoms with Gasteiger partial charge in [0.25, 0.3) is 0 Å². The summed E-state index contributed by atoms with van der Waals surface area (Å²) in [6.07, 6.45) is -8.98. The van der Waals surface area contributed by atoms with Gasteiger partial charge in [-0.25, -0.2) is 9.59 Å². The van der Waals surface area contributed by atoms with Gasteiger partial charge >= 0.3 is 12.1 Å². The van der Waals surface area contributed by atoms with Crippen LogP contribution in [-0.4, -0.2) is 119 Å². The number of carbonyl (C=O) groups excluding carboxylic acids is 2. The molecule has 2 amide bonds. The van der Waals surface area contributed by atoms with Gasteiger partial charge in [-0.2, -0.15) is 0 Å². The van der Waals surface area contributed by atoms with Crippen molar-refractivity contribution in [1.82, 2.24) is 9.80 Å². The number of anilines is 1. The largest absolute Gasteiger partial charge is 0.479 e. The van der Waals surface area contributed by atoms with Crippen LogP contribution in [-0.2, 0) is 36.8 Å². The number of carboxylic acids is 1. The van der Waals surface area contributed by atoms with Crippen molar-refractivity contribution in [3.63, 3.8) is 0 Å². The molecule has 2 aromatic carbocycles. The van der Waals surface area contributed by atoms with Gasteiger partial charge in [0.1, 0.15) is 37.4 Å². The van der Waals surface area contributed by atoms with Crippen molar-refractivity contribution in [2.24, 2.45) is 0 Å². The maximum absolute atomic E-state index is 12.9. The van der Waals surface area contributed by atoms with E-state index in [2.05, 4.69) is 5.32 Å². The Hall–Kier alpha value is -3.79. The maximum Gasteiger partial charge on any atom is 0.411 e. The number of rotatable bonds is 14. The number of hydrogen-bond donors (Lipinski definition) is 5. The Bertz CT molecular complexity index is 1210. The molecule has 1 heterocycles. The van der Waals surface area contributed by atoms with Crippen molar-refractivity contribution in [3.8, 4) is 5.75 Å². The van der Waals surface area contributed by atoms with E-state index in [1.807, 2.05) is 49.3 Å². The van der Waals surface area contributed by atoms with Gasteiger partial charge < -0.3 is 49.6 Å². The van der Waals surface area contributed by atoms with Gasteiger partial charge in [-0.3, -0.25) is 9.69 Å². The van der Waals surface area contributed by atoms with E-state index in [1.54, 1.807) is 0 Å². The van der Waals surface area contributed by atoms with Gasteiger partial charge in [-0.15, -0.1) is 0 Å². The van der Waals surface area contributed by atoms with Crippen LogP contribution in [0.25, 0.3) is 0 Å². The molecule has 3 rings (SSSR count). The molecule has 14 heteroatoms. The molecule has 5 atom stereocenters. The molecule has 2 aromatic rings. The summed E-state index contributed by atoms with van der Waals surface area (Å²) in [6.45, 7) is 2.49. The lowest BCUT2D eigenvalue weighted by Crippen LogP contribution is -2.61. The minimum atomic E-state index is -1.88. The lowest BCUT2D eigenvalue weighted by atomic mass is 9.99. The third-order valence-corrected chi connectivity index (χ3v) is 6.47. The predicted molar refractivity (Wildman–Crippen MR) is 152 cm³/mol. The number of aliphatic hydroxyl groups is 3. The second-order valence-electron chi connectivity index (χ2n) is 10.3. The van der Waals surface area contributed by atoms with E-state index in [1.165, 1.54) is 30.0 Å². The SMILES string of the molecule is CC(=O)Nc1cc(COC(=O)N(CCN(C)C)COCCc2ccccc2)ccc1OC1OC(C(=O)O)C(O)[C@H](O)[C@@H]1O. The van der Waals surface area contributed by atoms with Crippen LogP contribution in [0.4, 0.5) is 10.5 Å². The number of nitrogens with zero attached hydrogens (tertiary/aromatic N) is 2. The van der Waals surface area contributed by atoms with E-state index in [0.717, 1.165) is 5.56 Å². The third kappa shape index (κ3) is 10.2. The summed E-state index contributed by atoms with van der Waals surface area (Å²) in [5, 5.41) is 42.1. The van der Waals surface area contributed by atoms with Gasteiger partial charge in [0, 0.05) is 20.0 Å². The molecular formula is C29H39N3O11. The smallest absolute Gasteiger partial charge is 0.411 e. The summed E-state index contributed by atoms with van der Waals surface area (Å²) in [7, 11) is 3.77. The molecule has 1 aliphatic rings. The number of aliphatic carboxylic acids is 1. The first kappa shape index (κ1) is 33.7. The Morgan fingerprint density at radius 1 is 0.953 bits per heavy atom. The Morgan fingerprint density at radius 2 is 1.67 bits per heavy atom. The lowest BCUT2D eigenvalue weighted by molar-refractivity contribution is -0.271. The summed E-state index contributed by atoms with van der Waals surface area (Å²) in [4.78, 5) is 39.6. The van der Waals surface area contributed by atoms with Crippen LogP contribution in [0.5, 0.6) is 5.75 Å². The molecule has 43 heavy (non-hydrogen) atoms. The second-order valence-corrected chi connectivity index (χ2v) is 10.3. The molecular weight excluding hydrogens is 566 g/mol. The van der Waals surface area contributed by atoms with Crippen LogP contribution < -0.4 is 10.1 Å². The number of amides is 2. The number of aliphatic hydroxyl groups excluding tert-OH is 3. The molecule has 1 fully saturated rings.